The lowest BCUT2D eigenvalue weighted by molar-refractivity contribution is 0.477. The summed E-state index contributed by atoms with van der Waals surface area (Å²) in [7, 11) is 0. The number of nitrogens with zero attached hydrogens (tertiary/aromatic N) is 4. The van der Waals surface area contributed by atoms with Crippen molar-refractivity contribution in [2.24, 2.45) is 0 Å². The summed E-state index contributed by atoms with van der Waals surface area (Å²) in [5, 5.41) is 10.2. The lowest BCUT2D eigenvalue weighted by Crippen LogP contribution is -1.95. The van der Waals surface area contributed by atoms with E-state index >= 15 is 0 Å². The number of phenolic OH excluding ortho intramolecular Hbond substituents is 1. The van der Waals surface area contributed by atoms with Gasteiger partial charge in [-0.1, -0.05) is 24.3 Å². The topological polar surface area (TPSA) is 71.8 Å². The molecular formula is C22H18N4O. The maximum atomic E-state index is 10.2. The third kappa shape index (κ3) is 3.27. The maximum Gasteiger partial charge on any atom is 0.123 e. The van der Waals surface area contributed by atoms with Crippen LogP contribution in [0.4, 0.5) is 0 Å². The average molecular weight is 354 g/mol. The van der Waals surface area contributed by atoms with E-state index in [1.165, 1.54) is 0 Å². The van der Waals surface area contributed by atoms with Crippen molar-refractivity contribution in [2.75, 3.05) is 0 Å². The highest BCUT2D eigenvalue weighted by molar-refractivity contribution is 5.78. The molecular weight excluding hydrogens is 336 g/mol. The number of aromatic nitrogens is 4. The molecule has 0 aliphatic carbocycles. The average Bonchev–Trinajstić information content (AvgIpc) is 2.71. The smallest absolute Gasteiger partial charge is 0.123 e. The first kappa shape index (κ1) is 16.8. The van der Waals surface area contributed by atoms with Crippen LogP contribution in [0.15, 0.2) is 67.4 Å². The predicted octanol–water partition coefficient (Wildman–Crippen LogP) is 4.59. The second kappa shape index (κ2) is 6.96. The molecule has 5 heteroatoms. The molecule has 0 spiro atoms. The van der Waals surface area contributed by atoms with Gasteiger partial charge in [-0.3, -0.25) is 19.9 Å². The normalized spacial score (nSPS) is 10.7. The van der Waals surface area contributed by atoms with E-state index in [0.717, 1.165) is 33.5 Å². The number of phenols is 1. The van der Waals surface area contributed by atoms with E-state index < -0.39 is 0 Å². The van der Waals surface area contributed by atoms with Crippen molar-refractivity contribution in [3.63, 3.8) is 0 Å². The van der Waals surface area contributed by atoms with Crippen LogP contribution < -0.4 is 0 Å². The summed E-state index contributed by atoms with van der Waals surface area (Å²) in [4.78, 5) is 17.4. The SMILES string of the molecule is Cc1cc(-c2ccccc2O)c(C)cc1-c1cnc(-c2cnccn2)cn1. The van der Waals surface area contributed by atoms with E-state index in [2.05, 4.69) is 32.1 Å². The number of hydrogen-bond donors (Lipinski definition) is 1. The highest BCUT2D eigenvalue weighted by Crippen LogP contribution is 2.35. The molecule has 1 N–H and O–H groups in total. The van der Waals surface area contributed by atoms with E-state index in [0.29, 0.717) is 11.4 Å². The summed E-state index contributed by atoms with van der Waals surface area (Å²) in [6.07, 6.45) is 8.40. The summed E-state index contributed by atoms with van der Waals surface area (Å²) >= 11 is 0. The largest absolute Gasteiger partial charge is 0.507 e. The van der Waals surface area contributed by atoms with Gasteiger partial charge in [-0.15, -0.1) is 0 Å². The van der Waals surface area contributed by atoms with Gasteiger partial charge in [0.25, 0.3) is 0 Å². The first-order valence-corrected chi connectivity index (χ1v) is 8.62. The molecule has 0 aliphatic rings. The van der Waals surface area contributed by atoms with Crippen molar-refractivity contribution >= 4 is 0 Å². The Morgan fingerprint density at radius 1 is 0.667 bits per heavy atom. The number of aromatic hydroxyl groups is 1. The third-order valence-corrected chi connectivity index (χ3v) is 4.52. The Labute approximate surface area is 157 Å². The van der Waals surface area contributed by atoms with Crippen molar-refractivity contribution in [1.29, 1.82) is 0 Å². The standard InChI is InChI=1S/C22H18N4O/c1-14-10-18(15(2)9-17(14)16-5-3-4-6-22(16)27)19-12-26-21(13-25-19)20-11-23-7-8-24-20/h3-13,27H,1-2H3. The van der Waals surface area contributed by atoms with Crippen LogP contribution in [0.1, 0.15) is 11.1 Å². The monoisotopic (exact) mass is 354 g/mol. The van der Waals surface area contributed by atoms with Gasteiger partial charge in [-0.2, -0.15) is 0 Å². The molecule has 2 heterocycles. The van der Waals surface area contributed by atoms with E-state index in [1.54, 1.807) is 37.1 Å². The van der Waals surface area contributed by atoms with Crippen molar-refractivity contribution in [1.82, 2.24) is 19.9 Å². The van der Waals surface area contributed by atoms with Crippen molar-refractivity contribution in [3.8, 4) is 39.5 Å². The number of rotatable bonds is 3. The summed E-state index contributed by atoms with van der Waals surface area (Å²) in [6.45, 7) is 4.07. The van der Waals surface area contributed by atoms with E-state index in [9.17, 15) is 5.11 Å². The fourth-order valence-corrected chi connectivity index (χ4v) is 3.11. The molecule has 4 aromatic rings. The van der Waals surface area contributed by atoms with Gasteiger partial charge in [0.1, 0.15) is 17.1 Å². The molecule has 0 atom stereocenters. The summed E-state index contributed by atoms with van der Waals surface area (Å²) in [5.41, 5.74) is 7.17. The molecule has 0 fully saturated rings. The van der Waals surface area contributed by atoms with Gasteiger partial charge in [0.15, 0.2) is 0 Å². The molecule has 4 rings (SSSR count). The van der Waals surface area contributed by atoms with Gasteiger partial charge in [0.2, 0.25) is 0 Å². The summed E-state index contributed by atoms with van der Waals surface area (Å²) in [5.74, 6) is 0.279. The van der Waals surface area contributed by atoms with Gasteiger partial charge >= 0.3 is 0 Å². The van der Waals surface area contributed by atoms with Crippen molar-refractivity contribution in [3.05, 3.63) is 78.5 Å². The van der Waals surface area contributed by atoms with E-state index in [1.807, 2.05) is 32.0 Å². The van der Waals surface area contributed by atoms with E-state index in [-0.39, 0.29) is 5.75 Å². The molecule has 2 aromatic carbocycles. The Bertz CT molecular complexity index is 1090. The zero-order valence-electron chi connectivity index (χ0n) is 15.1. The molecule has 0 amide bonds. The highest BCUT2D eigenvalue weighted by atomic mass is 16.3. The number of aryl methyl sites for hydroxylation is 2. The molecule has 0 bridgehead atoms. The zero-order valence-corrected chi connectivity index (χ0v) is 15.1. The second-order valence-corrected chi connectivity index (χ2v) is 6.38. The Kier molecular flexibility index (Phi) is 4.34. The molecule has 0 saturated carbocycles. The van der Waals surface area contributed by atoms with Gasteiger partial charge in [-0.05, 0) is 42.7 Å². The van der Waals surface area contributed by atoms with Crippen LogP contribution in [0.2, 0.25) is 0 Å². The van der Waals surface area contributed by atoms with Crippen LogP contribution in [0, 0.1) is 13.8 Å². The lowest BCUT2D eigenvalue weighted by atomic mass is 9.93. The molecule has 0 radical (unpaired) electrons. The van der Waals surface area contributed by atoms with Crippen LogP contribution in [-0.4, -0.2) is 25.0 Å². The Morgan fingerprint density at radius 2 is 1.33 bits per heavy atom. The minimum Gasteiger partial charge on any atom is -0.507 e. The molecule has 5 nitrogen and oxygen atoms in total. The zero-order chi connectivity index (χ0) is 18.8. The van der Waals surface area contributed by atoms with Crippen LogP contribution in [0.3, 0.4) is 0 Å². The molecule has 0 aliphatic heterocycles. The first-order chi connectivity index (χ1) is 13.1. The number of benzene rings is 2. The minimum atomic E-state index is 0.279. The minimum absolute atomic E-state index is 0.279. The Morgan fingerprint density at radius 3 is 2.04 bits per heavy atom. The van der Waals surface area contributed by atoms with Crippen molar-refractivity contribution in [2.45, 2.75) is 13.8 Å². The summed E-state index contributed by atoms with van der Waals surface area (Å²) in [6, 6.07) is 11.5. The predicted molar refractivity (Wildman–Crippen MR) is 105 cm³/mol. The quantitative estimate of drug-likeness (QED) is 0.582. The molecule has 0 unspecified atom stereocenters. The fourth-order valence-electron chi connectivity index (χ4n) is 3.11. The molecule has 27 heavy (non-hydrogen) atoms. The van der Waals surface area contributed by atoms with Crippen LogP contribution >= 0.6 is 0 Å². The van der Waals surface area contributed by atoms with Crippen LogP contribution in [0.25, 0.3) is 33.8 Å². The highest BCUT2D eigenvalue weighted by Gasteiger charge is 2.12. The Hall–Kier alpha value is -3.60. The van der Waals surface area contributed by atoms with Crippen LogP contribution in [-0.2, 0) is 0 Å². The van der Waals surface area contributed by atoms with Gasteiger partial charge in [-0.25, -0.2) is 0 Å². The number of para-hydroxylation sites is 1. The molecule has 2 aromatic heterocycles. The maximum absolute atomic E-state index is 10.2. The molecule has 0 saturated heterocycles. The lowest BCUT2D eigenvalue weighted by Gasteiger charge is -2.13. The second-order valence-electron chi connectivity index (χ2n) is 6.38. The summed E-state index contributed by atoms with van der Waals surface area (Å²) < 4.78 is 0. The number of hydrogen-bond acceptors (Lipinski definition) is 5. The van der Waals surface area contributed by atoms with Gasteiger partial charge in [0.05, 0.1) is 24.3 Å². The first-order valence-electron chi connectivity index (χ1n) is 8.62. The Balaban J connectivity index is 1.73. The fraction of sp³-hybridized carbons (Fsp3) is 0.0909. The molecule has 132 valence electrons. The van der Waals surface area contributed by atoms with Gasteiger partial charge in [0, 0.05) is 23.5 Å². The van der Waals surface area contributed by atoms with Crippen LogP contribution in [0.5, 0.6) is 5.75 Å². The third-order valence-electron chi connectivity index (χ3n) is 4.52. The van der Waals surface area contributed by atoms with Gasteiger partial charge < -0.3 is 5.11 Å². The van der Waals surface area contributed by atoms with E-state index in [4.69, 9.17) is 0 Å². The van der Waals surface area contributed by atoms with Crippen molar-refractivity contribution < 1.29 is 5.11 Å².